The van der Waals surface area contributed by atoms with Gasteiger partial charge >= 0.3 is 0 Å². The molecule has 2 unspecified atom stereocenters. The van der Waals surface area contributed by atoms with Crippen LogP contribution in [0.25, 0.3) is 11.0 Å². The van der Waals surface area contributed by atoms with E-state index < -0.39 is 5.60 Å². The zero-order valence-electron chi connectivity index (χ0n) is 9.48. The molecule has 2 atom stereocenters. The van der Waals surface area contributed by atoms with Crippen LogP contribution in [0.2, 0.25) is 0 Å². The number of terminal acetylenes is 1. The molecule has 0 bridgehead atoms. The summed E-state index contributed by atoms with van der Waals surface area (Å²) in [5.74, 6) is 2.58. The highest BCUT2D eigenvalue weighted by molar-refractivity contribution is 5.80. The fourth-order valence-corrected chi connectivity index (χ4v) is 2.84. The lowest BCUT2D eigenvalue weighted by atomic mass is 9.85. The van der Waals surface area contributed by atoms with Crippen molar-refractivity contribution >= 4 is 11.0 Å². The van der Waals surface area contributed by atoms with Gasteiger partial charge in [-0.2, -0.15) is 0 Å². The average molecular weight is 226 g/mol. The minimum Gasteiger partial charge on any atom is -0.377 e. The van der Waals surface area contributed by atoms with Crippen molar-refractivity contribution in [3.05, 3.63) is 30.1 Å². The van der Waals surface area contributed by atoms with E-state index in [0.717, 1.165) is 29.4 Å². The number of fused-ring (bicyclic) bond motifs is 1. The molecule has 2 heterocycles. The molecule has 3 heteroatoms. The van der Waals surface area contributed by atoms with Crippen molar-refractivity contribution in [2.75, 3.05) is 0 Å². The van der Waals surface area contributed by atoms with E-state index in [1.165, 1.54) is 0 Å². The van der Waals surface area contributed by atoms with E-state index in [1.54, 1.807) is 6.20 Å². The largest absolute Gasteiger partial charge is 0.377 e. The molecule has 2 aromatic rings. The summed E-state index contributed by atoms with van der Waals surface area (Å²) in [5.41, 5.74) is 0.949. The van der Waals surface area contributed by atoms with Gasteiger partial charge in [-0.3, -0.25) is 0 Å². The van der Waals surface area contributed by atoms with Gasteiger partial charge in [-0.1, -0.05) is 5.92 Å². The molecule has 1 fully saturated rings. The number of nitrogens with zero attached hydrogens (tertiary/aromatic N) is 1. The van der Waals surface area contributed by atoms with Crippen molar-refractivity contribution in [1.82, 2.24) is 9.97 Å². The summed E-state index contributed by atoms with van der Waals surface area (Å²) in [4.78, 5) is 7.39. The van der Waals surface area contributed by atoms with Gasteiger partial charge in [0, 0.05) is 23.7 Å². The minimum absolute atomic E-state index is 0.0189. The molecule has 3 nitrogen and oxygen atoms in total. The van der Waals surface area contributed by atoms with Gasteiger partial charge in [0.2, 0.25) is 0 Å². The number of pyridine rings is 1. The molecular weight excluding hydrogens is 212 g/mol. The molecule has 17 heavy (non-hydrogen) atoms. The first-order chi connectivity index (χ1) is 8.24. The van der Waals surface area contributed by atoms with E-state index in [9.17, 15) is 5.11 Å². The van der Waals surface area contributed by atoms with E-state index in [2.05, 4.69) is 15.9 Å². The summed E-state index contributed by atoms with van der Waals surface area (Å²) in [5, 5.41) is 11.5. The topological polar surface area (TPSA) is 48.9 Å². The van der Waals surface area contributed by atoms with Crippen molar-refractivity contribution in [3.8, 4) is 12.3 Å². The van der Waals surface area contributed by atoms with Gasteiger partial charge < -0.3 is 10.1 Å². The number of aliphatic hydroxyl groups is 1. The second-order valence-corrected chi connectivity index (χ2v) is 4.66. The van der Waals surface area contributed by atoms with Crippen molar-refractivity contribution < 1.29 is 5.11 Å². The van der Waals surface area contributed by atoms with Gasteiger partial charge in [0.1, 0.15) is 11.2 Å². The van der Waals surface area contributed by atoms with Crippen LogP contribution in [-0.4, -0.2) is 20.7 Å². The maximum Gasteiger partial charge on any atom is 0.137 e. The van der Waals surface area contributed by atoms with Gasteiger partial charge in [0.25, 0.3) is 0 Å². The number of H-pyrrole nitrogens is 1. The molecular formula is C14H14N2O. The van der Waals surface area contributed by atoms with Crippen LogP contribution >= 0.6 is 0 Å². The van der Waals surface area contributed by atoms with Gasteiger partial charge in [0.05, 0.1) is 0 Å². The van der Waals surface area contributed by atoms with Crippen molar-refractivity contribution in [1.29, 1.82) is 0 Å². The molecule has 2 aromatic heterocycles. The van der Waals surface area contributed by atoms with E-state index in [0.29, 0.717) is 6.42 Å². The highest BCUT2D eigenvalue weighted by Gasteiger charge is 2.41. The van der Waals surface area contributed by atoms with Gasteiger partial charge in [-0.15, -0.1) is 6.42 Å². The van der Waals surface area contributed by atoms with Gasteiger partial charge in [-0.25, -0.2) is 4.98 Å². The van der Waals surface area contributed by atoms with Crippen LogP contribution in [0.4, 0.5) is 0 Å². The normalized spacial score (nSPS) is 28.4. The SMILES string of the molecule is C#CC1(O)CCCC1c1c[nH]c2ncccc12. The molecule has 0 spiro atoms. The van der Waals surface area contributed by atoms with Crippen LogP contribution < -0.4 is 0 Å². The summed E-state index contributed by atoms with van der Waals surface area (Å²) < 4.78 is 0. The Labute approximate surface area is 99.9 Å². The molecule has 0 saturated heterocycles. The van der Waals surface area contributed by atoms with Crippen molar-refractivity contribution in [2.24, 2.45) is 0 Å². The van der Waals surface area contributed by atoms with E-state index in [1.807, 2.05) is 18.3 Å². The van der Waals surface area contributed by atoms with Gasteiger partial charge in [0.15, 0.2) is 0 Å². The van der Waals surface area contributed by atoms with E-state index >= 15 is 0 Å². The molecule has 0 radical (unpaired) electrons. The third-order valence-electron chi connectivity index (χ3n) is 3.74. The molecule has 1 saturated carbocycles. The molecule has 0 aliphatic heterocycles. The summed E-state index contributed by atoms with van der Waals surface area (Å²) in [6, 6.07) is 3.92. The summed E-state index contributed by atoms with van der Waals surface area (Å²) >= 11 is 0. The number of aromatic amines is 1. The second kappa shape index (κ2) is 3.61. The zero-order valence-corrected chi connectivity index (χ0v) is 9.48. The number of hydrogen-bond acceptors (Lipinski definition) is 2. The Morgan fingerprint density at radius 1 is 1.59 bits per heavy atom. The quantitative estimate of drug-likeness (QED) is 0.732. The summed E-state index contributed by atoms with van der Waals surface area (Å²) in [6.07, 6.45) is 11.7. The predicted octanol–water partition coefficient (Wildman–Crippen LogP) is 2.19. The average Bonchev–Trinajstić information content (AvgIpc) is 2.93. The molecule has 0 aromatic carbocycles. The predicted molar refractivity (Wildman–Crippen MR) is 66.5 cm³/mol. The Morgan fingerprint density at radius 3 is 3.29 bits per heavy atom. The van der Waals surface area contributed by atoms with Crippen LogP contribution in [-0.2, 0) is 0 Å². The van der Waals surface area contributed by atoms with Crippen LogP contribution in [0.1, 0.15) is 30.7 Å². The molecule has 3 rings (SSSR count). The number of nitrogens with one attached hydrogen (secondary N) is 1. The Morgan fingerprint density at radius 2 is 2.47 bits per heavy atom. The smallest absolute Gasteiger partial charge is 0.137 e. The maximum atomic E-state index is 10.4. The molecule has 86 valence electrons. The lowest BCUT2D eigenvalue weighted by molar-refractivity contribution is 0.0913. The lowest BCUT2D eigenvalue weighted by Crippen LogP contribution is -2.29. The third kappa shape index (κ3) is 1.45. The van der Waals surface area contributed by atoms with Crippen molar-refractivity contribution in [2.45, 2.75) is 30.8 Å². The van der Waals surface area contributed by atoms with Crippen LogP contribution in [0.5, 0.6) is 0 Å². The fraction of sp³-hybridized carbons (Fsp3) is 0.357. The molecule has 2 N–H and O–H groups in total. The highest BCUT2D eigenvalue weighted by Crippen LogP contribution is 2.44. The van der Waals surface area contributed by atoms with E-state index in [-0.39, 0.29) is 5.92 Å². The number of hydrogen-bond donors (Lipinski definition) is 2. The lowest BCUT2D eigenvalue weighted by Gasteiger charge is -2.24. The summed E-state index contributed by atoms with van der Waals surface area (Å²) in [6.45, 7) is 0. The Balaban J connectivity index is 2.13. The maximum absolute atomic E-state index is 10.4. The highest BCUT2D eigenvalue weighted by atomic mass is 16.3. The Bertz CT molecular complexity index is 596. The van der Waals surface area contributed by atoms with Crippen LogP contribution in [0.15, 0.2) is 24.5 Å². The standard InChI is InChI=1S/C14H14N2O/c1-2-14(17)7-3-6-12(14)11-9-16-13-10(11)5-4-8-15-13/h1,4-5,8-9,12,17H,3,6-7H2,(H,15,16). The first-order valence-corrected chi connectivity index (χ1v) is 5.87. The monoisotopic (exact) mass is 226 g/mol. The fourth-order valence-electron chi connectivity index (χ4n) is 2.84. The third-order valence-corrected chi connectivity index (χ3v) is 3.74. The Hall–Kier alpha value is -1.79. The first kappa shape index (κ1) is 10.4. The number of rotatable bonds is 1. The first-order valence-electron chi connectivity index (χ1n) is 5.87. The van der Waals surface area contributed by atoms with Crippen LogP contribution in [0.3, 0.4) is 0 Å². The molecule has 1 aliphatic rings. The minimum atomic E-state index is -0.995. The molecule has 0 amide bonds. The summed E-state index contributed by atoms with van der Waals surface area (Å²) in [7, 11) is 0. The zero-order chi connectivity index (χ0) is 11.9. The Kier molecular flexibility index (Phi) is 2.20. The van der Waals surface area contributed by atoms with Gasteiger partial charge in [-0.05, 0) is 37.0 Å². The van der Waals surface area contributed by atoms with Crippen molar-refractivity contribution in [3.63, 3.8) is 0 Å². The van der Waals surface area contributed by atoms with E-state index in [4.69, 9.17) is 6.42 Å². The molecule has 1 aliphatic carbocycles. The second-order valence-electron chi connectivity index (χ2n) is 4.66. The van der Waals surface area contributed by atoms with Crippen LogP contribution in [0, 0.1) is 12.3 Å². The number of aromatic nitrogens is 2.